The smallest absolute Gasteiger partial charge is 0.251 e. The van der Waals surface area contributed by atoms with Gasteiger partial charge in [-0.3, -0.25) is 4.79 Å². The maximum Gasteiger partial charge on any atom is 0.251 e. The second-order valence-corrected chi connectivity index (χ2v) is 5.50. The molecule has 4 nitrogen and oxygen atoms in total. The summed E-state index contributed by atoms with van der Waals surface area (Å²) in [4.78, 5) is 17.0. The summed E-state index contributed by atoms with van der Waals surface area (Å²) in [5.41, 5.74) is 3.11. The number of hydrogen-bond acceptors (Lipinski definition) is 4. The molecule has 1 aromatic heterocycles. The third-order valence-corrected chi connectivity index (χ3v) is 4.07. The van der Waals surface area contributed by atoms with Gasteiger partial charge in [-0.05, 0) is 41.1 Å². The fourth-order valence-corrected chi connectivity index (χ4v) is 2.38. The number of phenolic OH excluding ortho intramolecular Hbond substituents is 1. The van der Waals surface area contributed by atoms with E-state index in [9.17, 15) is 9.90 Å². The number of halogens is 1. The fraction of sp³-hybridized carbons (Fsp3) is 0.167. The first-order valence-corrected chi connectivity index (χ1v) is 6.91. The summed E-state index contributed by atoms with van der Waals surface area (Å²) in [6.07, 6.45) is 0. The number of aromatic hydroxyl groups is 1. The van der Waals surface area contributed by atoms with Crippen LogP contribution < -0.4 is 5.32 Å². The summed E-state index contributed by atoms with van der Waals surface area (Å²) < 4.78 is 0.567. The first-order chi connectivity index (χ1) is 8.58. The van der Waals surface area contributed by atoms with Crippen molar-refractivity contribution in [3.8, 4) is 5.75 Å². The van der Waals surface area contributed by atoms with Gasteiger partial charge in [-0.25, -0.2) is 4.98 Å². The molecule has 0 saturated heterocycles. The molecule has 0 radical (unpaired) electrons. The standard InChI is InChI=1S/C12H11BrN2O2S/c1-7-11(18-6-15-7)5-14-12(17)8-2-3-9(13)10(16)4-8/h2-4,6,16H,5H2,1H3,(H,14,17). The van der Waals surface area contributed by atoms with Crippen LogP contribution in [0.5, 0.6) is 5.75 Å². The molecule has 6 heteroatoms. The highest BCUT2D eigenvalue weighted by atomic mass is 79.9. The number of nitrogens with one attached hydrogen (secondary N) is 1. The highest BCUT2D eigenvalue weighted by Crippen LogP contribution is 2.24. The van der Waals surface area contributed by atoms with Gasteiger partial charge < -0.3 is 10.4 Å². The largest absolute Gasteiger partial charge is 0.507 e. The van der Waals surface area contributed by atoms with Crippen LogP contribution in [-0.2, 0) is 6.54 Å². The van der Waals surface area contributed by atoms with E-state index in [1.165, 1.54) is 17.4 Å². The molecule has 1 aromatic carbocycles. The average molecular weight is 327 g/mol. The highest BCUT2D eigenvalue weighted by Gasteiger charge is 2.09. The van der Waals surface area contributed by atoms with Crippen molar-refractivity contribution in [3.63, 3.8) is 0 Å². The molecule has 1 heterocycles. The number of thiazole rings is 1. The van der Waals surface area contributed by atoms with Crippen LogP contribution in [0.15, 0.2) is 28.2 Å². The molecular weight excluding hydrogens is 316 g/mol. The molecule has 0 aliphatic rings. The first-order valence-electron chi connectivity index (χ1n) is 5.23. The van der Waals surface area contributed by atoms with Crippen molar-refractivity contribution >= 4 is 33.2 Å². The Hall–Kier alpha value is -1.40. The number of hydrogen-bond donors (Lipinski definition) is 2. The third-order valence-electron chi connectivity index (χ3n) is 2.46. The number of aryl methyl sites for hydroxylation is 1. The minimum absolute atomic E-state index is 0.0524. The zero-order valence-electron chi connectivity index (χ0n) is 9.61. The summed E-state index contributed by atoms with van der Waals surface area (Å²) in [7, 11) is 0. The molecule has 0 unspecified atom stereocenters. The second-order valence-electron chi connectivity index (χ2n) is 3.71. The van der Waals surface area contributed by atoms with Crippen molar-refractivity contribution in [1.82, 2.24) is 10.3 Å². The Balaban J connectivity index is 2.04. The monoisotopic (exact) mass is 326 g/mol. The summed E-state index contributed by atoms with van der Waals surface area (Å²) in [5, 5.41) is 12.3. The van der Waals surface area contributed by atoms with Crippen molar-refractivity contribution in [3.05, 3.63) is 44.3 Å². The number of carbonyl (C=O) groups is 1. The molecule has 2 N–H and O–H groups in total. The van der Waals surface area contributed by atoms with Crippen LogP contribution in [-0.4, -0.2) is 16.0 Å². The molecule has 0 spiro atoms. The Morgan fingerprint density at radius 1 is 1.56 bits per heavy atom. The van der Waals surface area contributed by atoms with Crippen LogP contribution in [0.4, 0.5) is 0 Å². The van der Waals surface area contributed by atoms with E-state index in [1.54, 1.807) is 17.6 Å². The fourth-order valence-electron chi connectivity index (χ4n) is 1.41. The molecule has 2 rings (SSSR count). The molecule has 18 heavy (non-hydrogen) atoms. The number of nitrogens with zero attached hydrogens (tertiary/aromatic N) is 1. The van der Waals surface area contributed by atoms with E-state index < -0.39 is 0 Å². The maximum absolute atomic E-state index is 11.9. The van der Waals surface area contributed by atoms with E-state index in [2.05, 4.69) is 26.2 Å². The van der Waals surface area contributed by atoms with Gasteiger partial charge in [-0.2, -0.15) is 0 Å². The van der Waals surface area contributed by atoms with Crippen molar-refractivity contribution in [2.24, 2.45) is 0 Å². The molecule has 0 aliphatic heterocycles. The SMILES string of the molecule is Cc1ncsc1CNC(=O)c1ccc(Br)c(O)c1. The van der Waals surface area contributed by atoms with E-state index >= 15 is 0 Å². The van der Waals surface area contributed by atoms with Crippen molar-refractivity contribution in [2.75, 3.05) is 0 Å². The van der Waals surface area contributed by atoms with Crippen LogP contribution in [0.3, 0.4) is 0 Å². The van der Waals surface area contributed by atoms with E-state index in [0.717, 1.165) is 10.6 Å². The molecule has 0 aliphatic carbocycles. The van der Waals surface area contributed by atoms with Gasteiger partial charge in [0, 0.05) is 10.4 Å². The quantitative estimate of drug-likeness (QED) is 0.911. The van der Waals surface area contributed by atoms with Gasteiger partial charge in [0.15, 0.2) is 0 Å². The second kappa shape index (κ2) is 5.49. The molecule has 0 bridgehead atoms. The van der Waals surface area contributed by atoms with E-state index in [-0.39, 0.29) is 11.7 Å². The van der Waals surface area contributed by atoms with Crippen LogP contribution in [0.25, 0.3) is 0 Å². The van der Waals surface area contributed by atoms with Gasteiger partial charge in [0.1, 0.15) is 5.75 Å². The summed E-state index contributed by atoms with van der Waals surface area (Å²) in [6.45, 7) is 2.36. The number of benzene rings is 1. The van der Waals surface area contributed by atoms with Gasteiger partial charge in [0.25, 0.3) is 5.91 Å². The zero-order valence-corrected chi connectivity index (χ0v) is 12.0. The van der Waals surface area contributed by atoms with Gasteiger partial charge in [-0.15, -0.1) is 11.3 Å². The third kappa shape index (κ3) is 2.88. The van der Waals surface area contributed by atoms with E-state index in [0.29, 0.717) is 16.6 Å². The van der Waals surface area contributed by atoms with Crippen LogP contribution in [0, 0.1) is 6.92 Å². The molecule has 0 fully saturated rings. The molecule has 1 amide bonds. The molecule has 94 valence electrons. The first kappa shape index (κ1) is 13.0. The minimum Gasteiger partial charge on any atom is -0.507 e. The lowest BCUT2D eigenvalue weighted by molar-refractivity contribution is 0.0951. The Morgan fingerprint density at radius 3 is 2.94 bits per heavy atom. The summed E-state index contributed by atoms with van der Waals surface area (Å²) in [6, 6.07) is 4.72. The Labute approximate surface area is 117 Å². The average Bonchev–Trinajstić information content (AvgIpc) is 2.75. The lowest BCUT2D eigenvalue weighted by Gasteiger charge is -2.05. The predicted octanol–water partition coefficient (Wildman–Crippen LogP) is 2.85. The van der Waals surface area contributed by atoms with E-state index in [4.69, 9.17) is 0 Å². The van der Waals surface area contributed by atoms with Crippen LogP contribution >= 0.6 is 27.3 Å². The van der Waals surface area contributed by atoms with Crippen LogP contribution in [0.1, 0.15) is 20.9 Å². The number of carbonyl (C=O) groups excluding carboxylic acids is 1. The predicted molar refractivity (Wildman–Crippen MR) is 73.8 cm³/mol. The number of amides is 1. The topological polar surface area (TPSA) is 62.2 Å². The molecule has 0 saturated carbocycles. The highest BCUT2D eigenvalue weighted by molar-refractivity contribution is 9.10. The molecule has 0 atom stereocenters. The number of phenols is 1. The van der Waals surface area contributed by atoms with Crippen molar-refractivity contribution in [2.45, 2.75) is 13.5 Å². The van der Waals surface area contributed by atoms with Gasteiger partial charge in [0.2, 0.25) is 0 Å². The Morgan fingerprint density at radius 2 is 2.33 bits per heavy atom. The number of rotatable bonds is 3. The maximum atomic E-state index is 11.9. The minimum atomic E-state index is -0.217. The van der Waals surface area contributed by atoms with Gasteiger partial charge >= 0.3 is 0 Å². The van der Waals surface area contributed by atoms with Crippen LogP contribution in [0.2, 0.25) is 0 Å². The molecule has 2 aromatic rings. The lowest BCUT2D eigenvalue weighted by atomic mass is 10.2. The summed E-state index contributed by atoms with van der Waals surface area (Å²) >= 11 is 4.68. The van der Waals surface area contributed by atoms with E-state index in [1.807, 2.05) is 6.92 Å². The van der Waals surface area contributed by atoms with Gasteiger partial charge in [0.05, 0.1) is 22.2 Å². The summed E-state index contributed by atoms with van der Waals surface area (Å²) in [5.74, 6) is -0.165. The Bertz CT molecular complexity index is 583. The zero-order chi connectivity index (χ0) is 13.1. The lowest BCUT2D eigenvalue weighted by Crippen LogP contribution is -2.22. The van der Waals surface area contributed by atoms with Crippen molar-refractivity contribution in [1.29, 1.82) is 0 Å². The molecular formula is C12H11BrN2O2S. The van der Waals surface area contributed by atoms with Gasteiger partial charge in [-0.1, -0.05) is 0 Å². The number of aromatic nitrogens is 1. The Kier molecular flexibility index (Phi) is 3.98. The van der Waals surface area contributed by atoms with Crippen molar-refractivity contribution < 1.29 is 9.90 Å². The normalized spacial score (nSPS) is 10.3.